The van der Waals surface area contributed by atoms with E-state index >= 15 is 0 Å². The first-order valence-electron chi connectivity index (χ1n) is 11.6. The van der Waals surface area contributed by atoms with Crippen LogP contribution >= 0.6 is 11.6 Å². The highest BCUT2D eigenvalue weighted by molar-refractivity contribution is 6.30. The second kappa shape index (κ2) is 10.9. The van der Waals surface area contributed by atoms with Gasteiger partial charge in [0.25, 0.3) is 5.69 Å². The van der Waals surface area contributed by atoms with Crippen LogP contribution in [0.2, 0.25) is 5.02 Å². The maximum atomic E-state index is 13.3. The highest BCUT2D eigenvalue weighted by Crippen LogP contribution is 2.38. The van der Waals surface area contributed by atoms with Crippen molar-refractivity contribution in [2.24, 2.45) is 0 Å². The molecule has 0 bridgehead atoms. The zero-order valence-corrected chi connectivity index (χ0v) is 20.2. The van der Waals surface area contributed by atoms with E-state index < -0.39 is 22.4 Å². The zero-order chi connectivity index (χ0) is 25.9. The summed E-state index contributed by atoms with van der Waals surface area (Å²) >= 11 is 6.06. The van der Waals surface area contributed by atoms with Gasteiger partial charge in [0.05, 0.1) is 11.0 Å². The number of carbonyl (C=O) groups excluding carboxylic acids is 1. The number of piperidine rings is 1. The van der Waals surface area contributed by atoms with Crippen molar-refractivity contribution in [1.82, 2.24) is 4.90 Å². The molecule has 2 aliphatic rings. The topological polar surface area (TPSA) is 79.2 Å². The number of halogens is 4. The van der Waals surface area contributed by atoms with Crippen molar-refractivity contribution in [3.8, 4) is 0 Å². The van der Waals surface area contributed by atoms with E-state index in [1.807, 2.05) is 24.3 Å². The molecule has 2 aromatic carbocycles. The molecule has 0 aliphatic carbocycles. The van der Waals surface area contributed by atoms with Crippen molar-refractivity contribution in [2.75, 3.05) is 55.7 Å². The Morgan fingerprint density at radius 2 is 1.64 bits per heavy atom. The molecule has 0 unspecified atom stereocenters. The number of piperazine rings is 1. The summed E-state index contributed by atoms with van der Waals surface area (Å²) in [5.41, 5.74) is -0.922. The van der Waals surface area contributed by atoms with Crippen molar-refractivity contribution in [3.05, 3.63) is 63.2 Å². The summed E-state index contributed by atoms with van der Waals surface area (Å²) < 4.78 is 45.7. The first-order chi connectivity index (χ1) is 17.1. The van der Waals surface area contributed by atoms with Crippen LogP contribution in [-0.4, -0.2) is 67.7 Å². The number of hydrogen-bond acceptors (Lipinski definition) is 6. The molecule has 36 heavy (non-hydrogen) atoms. The Labute approximate surface area is 211 Å². The van der Waals surface area contributed by atoms with Gasteiger partial charge in [0.2, 0.25) is 5.91 Å². The smallest absolute Gasteiger partial charge is 0.371 e. The molecule has 4 rings (SSSR count). The van der Waals surface area contributed by atoms with Crippen molar-refractivity contribution in [3.63, 3.8) is 0 Å². The lowest BCUT2D eigenvalue weighted by Crippen LogP contribution is -2.50. The van der Waals surface area contributed by atoms with Crippen LogP contribution in [-0.2, 0) is 15.7 Å². The average molecular weight is 527 g/mol. The molecular formula is C24H26ClF3N4O4. The summed E-state index contributed by atoms with van der Waals surface area (Å²) in [5.74, 6) is -0.0895. The molecule has 2 fully saturated rings. The van der Waals surface area contributed by atoms with Gasteiger partial charge in [0.1, 0.15) is 12.2 Å². The van der Waals surface area contributed by atoms with Crippen LogP contribution in [0.1, 0.15) is 18.4 Å². The standard InChI is InChI=1S/C24H26ClF3N4O4/c25-17-2-1-3-18(14-17)30-10-12-31(13-11-30)23(33)16-36-20-6-8-29(9-7-20)19-4-5-22(32(34)35)21(15-19)24(26,27)28/h1-5,14-15,20H,6-13,16H2. The van der Waals surface area contributed by atoms with E-state index in [-0.39, 0.29) is 24.3 Å². The molecular weight excluding hydrogens is 501 g/mol. The second-order valence-electron chi connectivity index (χ2n) is 8.80. The number of nitro benzene ring substituents is 1. The second-order valence-corrected chi connectivity index (χ2v) is 9.24. The predicted octanol–water partition coefficient (Wildman–Crippen LogP) is 4.60. The highest BCUT2D eigenvalue weighted by Gasteiger charge is 2.39. The van der Waals surface area contributed by atoms with Gasteiger partial charge in [-0.1, -0.05) is 17.7 Å². The van der Waals surface area contributed by atoms with Crippen LogP contribution in [0.5, 0.6) is 0 Å². The fraction of sp³-hybridized carbons (Fsp3) is 0.458. The summed E-state index contributed by atoms with van der Waals surface area (Å²) in [6.07, 6.45) is -3.93. The van der Waals surface area contributed by atoms with Gasteiger partial charge in [0.15, 0.2) is 0 Å². The van der Waals surface area contributed by atoms with E-state index in [1.54, 1.807) is 9.80 Å². The first-order valence-corrected chi connectivity index (χ1v) is 12.0. The summed E-state index contributed by atoms with van der Waals surface area (Å²) in [5, 5.41) is 11.6. The van der Waals surface area contributed by atoms with Gasteiger partial charge in [-0.25, -0.2) is 0 Å². The van der Waals surface area contributed by atoms with E-state index in [0.29, 0.717) is 57.1 Å². The van der Waals surface area contributed by atoms with Gasteiger partial charge < -0.3 is 19.4 Å². The average Bonchev–Trinajstić information content (AvgIpc) is 2.87. The molecule has 2 aliphatic heterocycles. The SMILES string of the molecule is O=C(COC1CCN(c2ccc([N+](=O)[O-])c(C(F)(F)F)c2)CC1)N1CCN(c2cccc(Cl)c2)CC1. The summed E-state index contributed by atoms with van der Waals surface area (Å²) in [6, 6.07) is 10.6. The van der Waals surface area contributed by atoms with Gasteiger partial charge >= 0.3 is 6.18 Å². The number of nitro groups is 1. The molecule has 0 radical (unpaired) electrons. The first kappa shape index (κ1) is 26.0. The normalized spacial score (nSPS) is 17.4. The number of rotatable bonds is 6. The van der Waals surface area contributed by atoms with Crippen molar-refractivity contribution < 1.29 is 27.6 Å². The number of hydrogen-bond donors (Lipinski definition) is 0. The molecule has 0 atom stereocenters. The molecule has 2 saturated heterocycles. The Morgan fingerprint density at radius 3 is 2.25 bits per heavy atom. The number of amides is 1. The maximum absolute atomic E-state index is 13.3. The van der Waals surface area contributed by atoms with E-state index in [9.17, 15) is 28.1 Å². The van der Waals surface area contributed by atoms with E-state index in [0.717, 1.165) is 17.8 Å². The predicted molar refractivity (Wildman–Crippen MR) is 130 cm³/mol. The van der Waals surface area contributed by atoms with Crippen LogP contribution in [0.25, 0.3) is 0 Å². The third-order valence-electron chi connectivity index (χ3n) is 6.54. The maximum Gasteiger partial charge on any atom is 0.423 e. The Hall–Kier alpha value is -3.05. The Balaban J connectivity index is 1.24. The number of ether oxygens (including phenoxy) is 1. The number of nitrogens with zero attached hydrogens (tertiary/aromatic N) is 4. The molecule has 1 amide bonds. The Morgan fingerprint density at radius 1 is 1.00 bits per heavy atom. The van der Waals surface area contributed by atoms with E-state index in [2.05, 4.69) is 4.90 Å². The fourth-order valence-electron chi connectivity index (χ4n) is 4.55. The number of benzene rings is 2. The lowest BCUT2D eigenvalue weighted by Gasteiger charge is -2.37. The van der Waals surface area contributed by atoms with Gasteiger partial charge in [-0.2, -0.15) is 13.2 Å². The summed E-state index contributed by atoms with van der Waals surface area (Å²) in [7, 11) is 0. The molecule has 2 aromatic rings. The molecule has 194 valence electrons. The third-order valence-corrected chi connectivity index (χ3v) is 6.77. The Kier molecular flexibility index (Phi) is 7.89. The van der Waals surface area contributed by atoms with Crippen molar-refractivity contribution in [1.29, 1.82) is 0 Å². The van der Waals surface area contributed by atoms with Gasteiger partial charge in [0, 0.05) is 61.7 Å². The zero-order valence-electron chi connectivity index (χ0n) is 19.4. The number of carbonyl (C=O) groups is 1. The quantitative estimate of drug-likeness (QED) is 0.404. The minimum absolute atomic E-state index is 0.0441. The van der Waals surface area contributed by atoms with E-state index in [4.69, 9.17) is 16.3 Å². The molecule has 0 N–H and O–H groups in total. The largest absolute Gasteiger partial charge is 0.423 e. The van der Waals surface area contributed by atoms with Gasteiger partial charge in [-0.15, -0.1) is 0 Å². The van der Waals surface area contributed by atoms with Gasteiger partial charge in [-0.3, -0.25) is 14.9 Å². The highest BCUT2D eigenvalue weighted by atomic mass is 35.5. The van der Waals surface area contributed by atoms with Crippen LogP contribution in [0.4, 0.5) is 30.2 Å². The van der Waals surface area contributed by atoms with Crippen molar-refractivity contribution in [2.45, 2.75) is 25.1 Å². The molecule has 0 saturated carbocycles. The van der Waals surface area contributed by atoms with Crippen molar-refractivity contribution >= 4 is 34.6 Å². The molecule has 0 aromatic heterocycles. The van der Waals surface area contributed by atoms with Crippen LogP contribution in [0, 0.1) is 10.1 Å². The monoisotopic (exact) mass is 526 g/mol. The third kappa shape index (κ3) is 6.19. The molecule has 12 heteroatoms. The number of anilines is 2. The molecule has 8 nitrogen and oxygen atoms in total. The van der Waals surface area contributed by atoms with Crippen LogP contribution in [0.15, 0.2) is 42.5 Å². The Bertz CT molecular complexity index is 1100. The summed E-state index contributed by atoms with van der Waals surface area (Å²) in [4.78, 5) is 28.3. The molecule has 0 spiro atoms. The molecule has 2 heterocycles. The summed E-state index contributed by atoms with van der Waals surface area (Å²) in [6.45, 7) is 3.35. The van der Waals surface area contributed by atoms with Gasteiger partial charge in [-0.05, 0) is 43.2 Å². The lowest BCUT2D eigenvalue weighted by molar-refractivity contribution is -0.388. The fourth-order valence-corrected chi connectivity index (χ4v) is 4.74. The van der Waals surface area contributed by atoms with Crippen LogP contribution in [0.3, 0.4) is 0 Å². The lowest BCUT2D eigenvalue weighted by atomic mass is 10.1. The minimum atomic E-state index is -4.82. The van der Waals surface area contributed by atoms with Crippen LogP contribution < -0.4 is 9.80 Å². The van der Waals surface area contributed by atoms with E-state index in [1.165, 1.54) is 6.07 Å². The number of alkyl halides is 3. The minimum Gasteiger partial charge on any atom is -0.371 e.